The molecule has 114 valence electrons. The van der Waals surface area contributed by atoms with E-state index >= 15 is 0 Å². The van der Waals surface area contributed by atoms with Crippen LogP contribution >= 0.6 is 11.3 Å². The highest BCUT2D eigenvalue weighted by Crippen LogP contribution is 2.26. The second-order valence-corrected chi connectivity index (χ2v) is 6.87. The summed E-state index contributed by atoms with van der Waals surface area (Å²) >= 11 is 1.52. The summed E-state index contributed by atoms with van der Waals surface area (Å²) in [4.78, 5) is 27.4. The number of amides is 1. The monoisotopic (exact) mass is 315 g/mol. The molecule has 2 aromatic rings. The summed E-state index contributed by atoms with van der Waals surface area (Å²) in [6, 6.07) is 7.11. The lowest BCUT2D eigenvalue weighted by molar-refractivity contribution is 0.0696. The lowest BCUT2D eigenvalue weighted by Gasteiger charge is -2.28. The quantitative estimate of drug-likeness (QED) is 0.925. The maximum atomic E-state index is 12.6. The van der Waals surface area contributed by atoms with E-state index in [9.17, 15) is 9.59 Å². The molecule has 1 aromatic carbocycles. The zero-order valence-corrected chi connectivity index (χ0v) is 13.4. The first-order chi connectivity index (χ1) is 10.5. The van der Waals surface area contributed by atoms with Gasteiger partial charge in [0.25, 0.3) is 5.91 Å². The Labute approximate surface area is 133 Å². The number of thiophene rings is 1. The van der Waals surface area contributed by atoms with Crippen LogP contribution in [0.5, 0.6) is 0 Å². The molecule has 0 aliphatic carbocycles. The molecule has 1 amide bonds. The van der Waals surface area contributed by atoms with Crippen LogP contribution in [0.25, 0.3) is 0 Å². The number of aromatic carboxylic acids is 1. The third-order valence-corrected chi connectivity index (χ3v) is 5.27. The molecule has 0 saturated carbocycles. The van der Waals surface area contributed by atoms with Crippen LogP contribution < -0.4 is 0 Å². The number of nitrogens with zero attached hydrogens (tertiary/aromatic N) is 1. The molecule has 3 rings (SSSR count). The summed E-state index contributed by atoms with van der Waals surface area (Å²) in [6.07, 6.45) is 0.768. The first kappa shape index (κ1) is 14.8. The predicted octanol–water partition coefficient (Wildman–Crippen LogP) is 3.26. The van der Waals surface area contributed by atoms with Gasteiger partial charge in [0.2, 0.25) is 0 Å². The number of fused-ring (bicyclic) bond motifs is 1. The number of hydrogen-bond acceptors (Lipinski definition) is 3. The van der Waals surface area contributed by atoms with Gasteiger partial charge in [-0.15, -0.1) is 11.3 Å². The van der Waals surface area contributed by atoms with Gasteiger partial charge < -0.3 is 10.0 Å². The normalized spacial score (nSPS) is 13.8. The lowest BCUT2D eigenvalue weighted by atomic mass is 9.97. The van der Waals surface area contributed by atoms with E-state index < -0.39 is 5.97 Å². The van der Waals surface area contributed by atoms with Crippen molar-refractivity contribution in [1.82, 2.24) is 4.90 Å². The minimum Gasteiger partial charge on any atom is -0.478 e. The Morgan fingerprint density at radius 1 is 1.18 bits per heavy atom. The zero-order chi connectivity index (χ0) is 15.9. The Hall–Kier alpha value is -2.14. The van der Waals surface area contributed by atoms with Crippen LogP contribution in [0.2, 0.25) is 0 Å². The summed E-state index contributed by atoms with van der Waals surface area (Å²) in [5.74, 6) is -0.900. The fourth-order valence-corrected chi connectivity index (χ4v) is 3.70. The molecule has 0 fully saturated rings. The average Bonchev–Trinajstić information content (AvgIpc) is 2.84. The maximum absolute atomic E-state index is 12.6. The van der Waals surface area contributed by atoms with Crippen LogP contribution in [-0.2, 0) is 13.0 Å². The first-order valence-electron chi connectivity index (χ1n) is 7.17. The van der Waals surface area contributed by atoms with Gasteiger partial charge >= 0.3 is 5.97 Å². The van der Waals surface area contributed by atoms with E-state index in [0.29, 0.717) is 13.1 Å². The van der Waals surface area contributed by atoms with E-state index in [1.54, 1.807) is 17.0 Å². The molecule has 1 aromatic heterocycles. The van der Waals surface area contributed by atoms with Crippen molar-refractivity contribution >= 4 is 23.2 Å². The summed E-state index contributed by atoms with van der Waals surface area (Å²) in [5, 5.41) is 9.09. The van der Waals surface area contributed by atoms with Gasteiger partial charge in [-0.25, -0.2) is 4.79 Å². The molecular weight excluding hydrogens is 298 g/mol. The fourth-order valence-electron chi connectivity index (χ4n) is 2.70. The molecule has 0 bridgehead atoms. The highest BCUT2D eigenvalue weighted by atomic mass is 32.1. The van der Waals surface area contributed by atoms with Gasteiger partial charge in [-0.3, -0.25) is 4.79 Å². The van der Waals surface area contributed by atoms with Crippen molar-refractivity contribution in [2.75, 3.05) is 6.54 Å². The third kappa shape index (κ3) is 2.64. The predicted molar refractivity (Wildman–Crippen MR) is 85.6 cm³/mol. The van der Waals surface area contributed by atoms with Gasteiger partial charge in [-0.2, -0.15) is 0 Å². The molecule has 0 spiro atoms. The zero-order valence-electron chi connectivity index (χ0n) is 12.5. The van der Waals surface area contributed by atoms with Crippen LogP contribution in [-0.4, -0.2) is 28.4 Å². The van der Waals surface area contributed by atoms with Crippen LogP contribution in [0.1, 0.15) is 41.6 Å². The van der Waals surface area contributed by atoms with Crippen molar-refractivity contribution in [3.05, 3.63) is 56.3 Å². The molecule has 2 heterocycles. The minimum absolute atomic E-state index is 0.0348. The van der Waals surface area contributed by atoms with E-state index in [1.165, 1.54) is 11.3 Å². The smallest absolute Gasteiger partial charge is 0.335 e. The van der Waals surface area contributed by atoms with E-state index in [-0.39, 0.29) is 11.5 Å². The molecule has 1 N–H and O–H groups in total. The highest BCUT2D eigenvalue weighted by molar-refractivity contribution is 7.14. The lowest BCUT2D eigenvalue weighted by Crippen LogP contribution is -2.35. The molecule has 0 radical (unpaired) electrons. The standard InChI is InChI=1S/C17H17NO3S/c1-10-7-15(22-11(10)2)16(19)18-6-5-12-3-4-13(17(20)21)8-14(12)9-18/h3-4,7-8H,5-6,9H2,1-2H3,(H,20,21). The second-order valence-electron chi connectivity index (χ2n) is 5.62. The summed E-state index contributed by atoms with van der Waals surface area (Å²) in [5.41, 5.74) is 3.48. The van der Waals surface area contributed by atoms with Gasteiger partial charge in [0.05, 0.1) is 10.4 Å². The summed E-state index contributed by atoms with van der Waals surface area (Å²) < 4.78 is 0. The van der Waals surface area contributed by atoms with Gasteiger partial charge in [0.1, 0.15) is 0 Å². The number of aryl methyl sites for hydroxylation is 2. The molecule has 22 heavy (non-hydrogen) atoms. The van der Waals surface area contributed by atoms with E-state index in [4.69, 9.17) is 5.11 Å². The summed E-state index contributed by atoms with van der Waals surface area (Å²) in [7, 11) is 0. The molecule has 0 unspecified atom stereocenters. The Morgan fingerprint density at radius 3 is 2.59 bits per heavy atom. The van der Waals surface area contributed by atoms with Crippen LogP contribution in [0.3, 0.4) is 0 Å². The van der Waals surface area contributed by atoms with Crippen LogP contribution in [0, 0.1) is 13.8 Å². The van der Waals surface area contributed by atoms with Gasteiger partial charge in [0.15, 0.2) is 0 Å². The van der Waals surface area contributed by atoms with Crippen LogP contribution in [0.4, 0.5) is 0 Å². The van der Waals surface area contributed by atoms with Crippen molar-refractivity contribution in [3.8, 4) is 0 Å². The average molecular weight is 315 g/mol. The molecular formula is C17H17NO3S. The van der Waals surface area contributed by atoms with Crippen molar-refractivity contribution in [3.63, 3.8) is 0 Å². The Balaban J connectivity index is 1.85. The number of carboxylic acid groups (broad SMARTS) is 1. The maximum Gasteiger partial charge on any atom is 0.335 e. The van der Waals surface area contributed by atoms with Crippen molar-refractivity contribution < 1.29 is 14.7 Å². The Morgan fingerprint density at radius 2 is 1.95 bits per heavy atom. The van der Waals surface area contributed by atoms with Crippen molar-refractivity contribution in [2.24, 2.45) is 0 Å². The fraction of sp³-hybridized carbons (Fsp3) is 0.294. The van der Waals surface area contributed by atoms with Gasteiger partial charge in [0, 0.05) is 18.0 Å². The topological polar surface area (TPSA) is 57.6 Å². The number of benzene rings is 1. The molecule has 0 saturated heterocycles. The number of hydrogen-bond donors (Lipinski definition) is 1. The van der Waals surface area contributed by atoms with E-state index in [0.717, 1.165) is 32.9 Å². The molecule has 1 aliphatic heterocycles. The van der Waals surface area contributed by atoms with E-state index in [1.807, 2.05) is 26.0 Å². The first-order valence-corrected chi connectivity index (χ1v) is 7.99. The Kier molecular flexibility index (Phi) is 3.74. The minimum atomic E-state index is -0.934. The highest BCUT2D eigenvalue weighted by Gasteiger charge is 2.24. The SMILES string of the molecule is Cc1cc(C(=O)N2CCc3ccc(C(=O)O)cc3C2)sc1C. The number of carboxylic acids is 1. The largest absolute Gasteiger partial charge is 0.478 e. The number of carbonyl (C=O) groups is 2. The van der Waals surface area contributed by atoms with Crippen LogP contribution in [0.15, 0.2) is 24.3 Å². The summed E-state index contributed by atoms with van der Waals surface area (Å²) in [6.45, 7) is 5.17. The van der Waals surface area contributed by atoms with Gasteiger partial charge in [-0.05, 0) is 55.2 Å². The third-order valence-electron chi connectivity index (χ3n) is 4.13. The number of rotatable bonds is 2. The Bertz CT molecular complexity index is 744. The molecule has 0 atom stereocenters. The second kappa shape index (κ2) is 5.57. The molecule has 1 aliphatic rings. The number of carbonyl (C=O) groups excluding carboxylic acids is 1. The van der Waals surface area contributed by atoms with Gasteiger partial charge in [-0.1, -0.05) is 6.07 Å². The van der Waals surface area contributed by atoms with Crippen molar-refractivity contribution in [2.45, 2.75) is 26.8 Å². The van der Waals surface area contributed by atoms with E-state index in [2.05, 4.69) is 0 Å². The van der Waals surface area contributed by atoms with Crippen molar-refractivity contribution in [1.29, 1.82) is 0 Å². The molecule has 5 heteroatoms. The molecule has 4 nitrogen and oxygen atoms in total.